The lowest BCUT2D eigenvalue weighted by Gasteiger charge is -2.37. The van der Waals surface area contributed by atoms with Crippen LogP contribution in [0, 0.1) is 0 Å². The molecule has 0 radical (unpaired) electrons. The fraction of sp³-hybridized carbons (Fsp3) is 1.00. The number of rotatable bonds is 11. The highest BCUT2D eigenvalue weighted by Crippen LogP contribution is 2.48. The van der Waals surface area contributed by atoms with Gasteiger partial charge in [-0.2, -0.15) is 0 Å². The Morgan fingerprint density at radius 1 is 1.14 bits per heavy atom. The van der Waals surface area contributed by atoms with Gasteiger partial charge in [-0.3, -0.25) is 0 Å². The molecule has 3 nitrogen and oxygen atoms in total. The molecule has 126 valence electrons. The van der Waals surface area contributed by atoms with E-state index in [2.05, 4.69) is 30.4 Å². The molecule has 2 unspecified atom stereocenters. The van der Waals surface area contributed by atoms with Crippen LogP contribution in [0.5, 0.6) is 0 Å². The van der Waals surface area contributed by atoms with Gasteiger partial charge in [0.15, 0.2) is 6.29 Å². The van der Waals surface area contributed by atoms with Gasteiger partial charge in [0, 0.05) is 13.2 Å². The van der Waals surface area contributed by atoms with E-state index in [9.17, 15) is 5.11 Å². The first kappa shape index (κ1) is 19.6. The molecular weight excluding hydrogens is 304 g/mol. The van der Waals surface area contributed by atoms with Gasteiger partial charge in [0.1, 0.15) is 0 Å². The fourth-order valence-corrected chi connectivity index (χ4v) is 5.93. The summed E-state index contributed by atoms with van der Waals surface area (Å²) in [5.74, 6) is 2.51. The number of ether oxygens (including phenoxy) is 2. The summed E-state index contributed by atoms with van der Waals surface area (Å²) in [6, 6.07) is 0. The van der Waals surface area contributed by atoms with Crippen LogP contribution in [-0.2, 0) is 9.47 Å². The second-order valence-corrected chi connectivity index (χ2v) is 8.77. The first-order valence-corrected chi connectivity index (χ1v) is 10.3. The van der Waals surface area contributed by atoms with E-state index in [0.29, 0.717) is 10.7 Å². The topological polar surface area (TPSA) is 38.7 Å². The molecule has 1 rings (SSSR count). The van der Waals surface area contributed by atoms with Crippen LogP contribution in [0.1, 0.15) is 59.3 Å². The van der Waals surface area contributed by atoms with Gasteiger partial charge in [-0.25, -0.2) is 0 Å². The van der Waals surface area contributed by atoms with Crippen LogP contribution in [0.4, 0.5) is 0 Å². The van der Waals surface area contributed by atoms with Crippen molar-refractivity contribution in [3.05, 3.63) is 0 Å². The van der Waals surface area contributed by atoms with Gasteiger partial charge in [0.2, 0.25) is 0 Å². The third-order valence-corrected chi connectivity index (χ3v) is 7.37. The lowest BCUT2D eigenvalue weighted by Crippen LogP contribution is -2.27. The molecule has 21 heavy (non-hydrogen) atoms. The van der Waals surface area contributed by atoms with Crippen LogP contribution in [0.15, 0.2) is 0 Å². The molecule has 0 saturated carbocycles. The molecular formula is C16H32O3S2. The highest BCUT2D eigenvalue weighted by atomic mass is 32.2. The van der Waals surface area contributed by atoms with Crippen LogP contribution in [0.25, 0.3) is 0 Å². The van der Waals surface area contributed by atoms with Crippen molar-refractivity contribution in [2.45, 2.75) is 75.8 Å². The predicted molar refractivity (Wildman–Crippen MR) is 94.1 cm³/mol. The average Bonchev–Trinajstić information content (AvgIpc) is 2.50. The van der Waals surface area contributed by atoms with Crippen molar-refractivity contribution in [3.8, 4) is 0 Å². The summed E-state index contributed by atoms with van der Waals surface area (Å²) in [4.78, 5) is 0. The van der Waals surface area contributed by atoms with Crippen molar-refractivity contribution in [3.63, 3.8) is 0 Å². The third-order valence-electron chi connectivity index (χ3n) is 3.80. The highest BCUT2D eigenvalue weighted by Gasteiger charge is 2.33. The van der Waals surface area contributed by atoms with Gasteiger partial charge < -0.3 is 14.6 Å². The smallest absolute Gasteiger partial charge is 0.154 e. The Bertz CT molecular complexity index is 258. The van der Waals surface area contributed by atoms with Crippen molar-refractivity contribution in [2.75, 3.05) is 24.7 Å². The molecule has 1 fully saturated rings. The Morgan fingerprint density at radius 3 is 2.48 bits per heavy atom. The summed E-state index contributed by atoms with van der Waals surface area (Å²) >= 11 is 4.19. The summed E-state index contributed by atoms with van der Waals surface area (Å²) in [5.41, 5.74) is 0. The van der Waals surface area contributed by atoms with E-state index in [4.69, 9.17) is 9.47 Å². The molecule has 0 aromatic heterocycles. The molecule has 1 saturated heterocycles. The van der Waals surface area contributed by atoms with Crippen molar-refractivity contribution in [1.82, 2.24) is 0 Å². The molecule has 1 heterocycles. The van der Waals surface area contributed by atoms with Gasteiger partial charge in [-0.15, -0.1) is 23.5 Å². The highest BCUT2D eigenvalue weighted by molar-refractivity contribution is 8.18. The molecule has 0 aromatic rings. The Kier molecular flexibility index (Phi) is 10.4. The maximum Gasteiger partial charge on any atom is 0.154 e. The van der Waals surface area contributed by atoms with E-state index < -0.39 is 0 Å². The van der Waals surface area contributed by atoms with Crippen LogP contribution >= 0.6 is 23.5 Å². The van der Waals surface area contributed by atoms with E-state index in [-0.39, 0.29) is 12.4 Å². The number of aliphatic hydroxyl groups excluding tert-OH is 1. The molecule has 0 amide bonds. The number of aliphatic hydroxyl groups is 1. The predicted octanol–water partition coefficient (Wildman–Crippen LogP) is 4.28. The maximum atomic E-state index is 9.85. The monoisotopic (exact) mass is 336 g/mol. The van der Waals surface area contributed by atoms with Crippen molar-refractivity contribution in [2.24, 2.45) is 0 Å². The van der Waals surface area contributed by atoms with E-state index in [1.54, 1.807) is 0 Å². The minimum absolute atomic E-state index is 0.0977. The van der Waals surface area contributed by atoms with Crippen LogP contribution in [-0.4, -0.2) is 46.3 Å². The summed E-state index contributed by atoms with van der Waals surface area (Å²) < 4.78 is 11.4. The minimum atomic E-state index is -0.140. The van der Waals surface area contributed by atoms with Crippen LogP contribution in [0.2, 0.25) is 0 Å². The first-order chi connectivity index (χ1) is 10.1. The van der Waals surface area contributed by atoms with Gasteiger partial charge in [0.25, 0.3) is 0 Å². The van der Waals surface area contributed by atoms with Crippen LogP contribution in [0.3, 0.4) is 0 Å². The zero-order chi connectivity index (χ0) is 15.6. The minimum Gasteiger partial charge on any atom is -0.393 e. The summed E-state index contributed by atoms with van der Waals surface area (Å²) in [6.45, 7) is 7.47. The Morgan fingerprint density at radius 2 is 1.86 bits per heavy atom. The molecule has 0 bridgehead atoms. The van der Waals surface area contributed by atoms with Gasteiger partial charge >= 0.3 is 0 Å². The van der Waals surface area contributed by atoms with E-state index in [1.807, 2.05) is 13.8 Å². The Hall–Kier alpha value is 0.580. The van der Waals surface area contributed by atoms with Crippen molar-refractivity contribution >= 4 is 23.5 Å². The average molecular weight is 337 g/mol. The van der Waals surface area contributed by atoms with Crippen LogP contribution < -0.4 is 0 Å². The molecule has 1 aliphatic heterocycles. The molecule has 0 aliphatic carbocycles. The van der Waals surface area contributed by atoms with E-state index in [0.717, 1.165) is 38.7 Å². The third kappa shape index (κ3) is 8.12. The lowest BCUT2D eigenvalue weighted by molar-refractivity contribution is -0.127. The van der Waals surface area contributed by atoms with E-state index >= 15 is 0 Å². The normalized spacial score (nSPS) is 21.1. The lowest BCUT2D eigenvalue weighted by atomic mass is 10.1. The Labute approximate surface area is 138 Å². The molecule has 5 heteroatoms. The molecule has 0 aromatic carbocycles. The fourth-order valence-electron chi connectivity index (χ4n) is 2.49. The standard InChI is InChI=1S/C16H32O3S2/c1-4-15(17)8-10-16(20-12-7-13-21-16)9-6-11-19-14(3)18-5-2/h14-15,17H,4-13H2,1-3H3. The maximum absolute atomic E-state index is 9.85. The van der Waals surface area contributed by atoms with Crippen molar-refractivity contribution < 1.29 is 14.6 Å². The number of hydrogen-bond acceptors (Lipinski definition) is 5. The van der Waals surface area contributed by atoms with E-state index in [1.165, 1.54) is 17.9 Å². The summed E-state index contributed by atoms with van der Waals surface area (Å²) in [5, 5.41) is 9.85. The summed E-state index contributed by atoms with van der Waals surface area (Å²) in [7, 11) is 0. The van der Waals surface area contributed by atoms with Gasteiger partial charge in [0.05, 0.1) is 10.2 Å². The Balaban J connectivity index is 2.32. The molecule has 1 aliphatic rings. The zero-order valence-corrected chi connectivity index (χ0v) is 15.4. The molecule has 0 spiro atoms. The zero-order valence-electron chi connectivity index (χ0n) is 13.8. The first-order valence-electron chi connectivity index (χ1n) is 8.31. The van der Waals surface area contributed by atoms with Gasteiger partial charge in [-0.1, -0.05) is 6.92 Å². The SMILES string of the molecule is CCOC(C)OCCCC1(CCC(O)CC)SCCCS1. The molecule has 2 atom stereocenters. The number of thioether (sulfide) groups is 2. The van der Waals surface area contributed by atoms with Gasteiger partial charge in [-0.05, 0) is 63.9 Å². The molecule has 1 N–H and O–H groups in total. The largest absolute Gasteiger partial charge is 0.393 e. The van der Waals surface area contributed by atoms with Crippen molar-refractivity contribution in [1.29, 1.82) is 0 Å². The number of hydrogen-bond donors (Lipinski definition) is 1. The quantitative estimate of drug-likeness (QED) is 0.450. The second-order valence-electron chi connectivity index (χ2n) is 5.56. The second kappa shape index (κ2) is 11.2. The summed E-state index contributed by atoms with van der Waals surface area (Å²) in [6.07, 6.45) is 6.20.